The summed E-state index contributed by atoms with van der Waals surface area (Å²) in [4.78, 5) is 28.4. The monoisotopic (exact) mass is 262 g/mol. The molecule has 0 aromatic carbocycles. The average Bonchev–Trinajstić information content (AvgIpc) is 2.88. The molecule has 19 heavy (non-hydrogen) atoms. The number of pyridine rings is 1. The highest BCUT2D eigenvalue weighted by Gasteiger charge is 2.15. The quantitative estimate of drug-likeness (QED) is 0.473. The number of amides is 1. The third-order valence-electron chi connectivity index (χ3n) is 2.44. The first-order valence-corrected chi connectivity index (χ1v) is 5.34. The number of nitrogens with zero attached hydrogens (tertiary/aromatic N) is 5. The molecule has 98 valence electrons. The normalized spacial score (nSPS) is 11.8. The lowest BCUT2D eigenvalue weighted by Gasteiger charge is -2.10. The first-order chi connectivity index (χ1) is 9.13. The summed E-state index contributed by atoms with van der Waals surface area (Å²) in [6.07, 6.45) is 3.02. The van der Waals surface area contributed by atoms with Gasteiger partial charge in [0, 0.05) is 6.07 Å². The molecule has 1 amide bonds. The van der Waals surface area contributed by atoms with Crippen molar-refractivity contribution in [3.05, 3.63) is 40.6 Å². The number of rotatable bonds is 5. The molecule has 0 fully saturated rings. The highest BCUT2D eigenvalue weighted by Crippen LogP contribution is 2.15. The van der Waals surface area contributed by atoms with Crippen LogP contribution in [0.1, 0.15) is 18.8 Å². The van der Waals surface area contributed by atoms with Crippen molar-refractivity contribution in [2.75, 3.05) is 0 Å². The third-order valence-corrected chi connectivity index (χ3v) is 2.44. The van der Waals surface area contributed by atoms with Crippen molar-refractivity contribution in [3.8, 4) is 5.82 Å². The van der Waals surface area contributed by atoms with E-state index in [2.05, 4.69) is 20.4 Å². The molecule has 9 nitrogen and oxygen atoms in total. The van der Waals surface area contributed by atoms with E-state index >= 15 is 0 Å². The van der Waals surface area contributed by atoms with Crippen LogP contribution in [0.5, 0.6) is 0 Å². The largest absolute Gasteiger partial charge is 0.349 e. The van der Waals surface area contributed by atoms with Crippen LogP contribution >= 0.6 is 0 Å². The third kappa shape index (κ3) is 2.54. The topological polar surface area (TPSA) is 116 Å². The Morgan fingerprint density at radius 3 is 2.84 bits per heavy atom. The van der Waals surface area contributed by atoms with E-state index < -0.39 is 4.92 Å². The predicted octanol–water partition coefficient (Wildman–Crippen LogP) is 0.378. The fourth-order valence-corrected chi connectivity index (χ4v) is 1.51. The summed E-state index contributed by atoms with van der Waals surface area (Å²) in [5.41, 5.74) is -0.107. The number of aromatic nitrogens is 4. The minimum Gasteiger partial charge on any atom is -0.349 e. The summed E-state index contributed by atoms with van der Waals surface area (Å²) in [5, 5.41) is 17.1. The Morgan fingerprint density at radius 2 is 2.26 bits per heavy atom. The molecule has 1 N–H and O–H groups in total. The number of nitrogens with one attached hydrogen (secondary N) is 1. The molecule has 0 aliphatic heterocycles. The first kappa shape index (κ1) is 12.6. The maximum absolute atomic E-state index is 10.5. The van der Waals surface area contributed by atoms with Crippen molar-refractivity contribution in [2.24, 2.45) is 0 Å². The van der Waals surface area contributed by atoms with E-state index in [1.807, 2.05) is 0 Å². The second-order valence-electron chi connectivity index (χ2n) is 3.67. The van der Waals surface area contributed by atoms with E-state index in [9.17, 15) is 14.9 Å². The van der Waals surface area contributed by atoms with Gasteiger partial charge in [0.1, 0.15) is 12.5 Å². The van der Waals surface area contributed by atoms with Crippen molar-refractivity contribution in [1.29, 1.82) is 0 Å². The minimum absolute atomic E-state index is 0.107. The van der Waals surface area contributed by atoms with Crippen molar-refractivity contribution in [3.63, 3.8) is 0 Å². The molecule has 2 aromatic heterocycles. The van der Waals surface area contributed by atoms with Crippen LogP contribution in [0.15, 0.2) is 24.7 Å². The minimum atomic E-state index is -0.532. The molecule has 0 spiro atoms. The van der Waals surface area contributed by atoms with Crippen LogP contribution in [0.4, 0.5) is 5.69 Å². The second kappa shape index (κ2) is 5.21. The van der Waals surface area contributed by atoms with Gasteiger partial charge in [0.2, 0.25) is 6.41 Å². The van der Waals surface area contributed by atoms with Gasteiger partial charge in [-0.1, -0.05) is 0 Å². The maximum atomic E-state index is 10.5. The lowest BCUT2D eigenvalue weighted by molar-refractivity contribution is -0.385. The van der Waals surface area contributed by atoms with Crippen LogP contribution in [0, 0.1) is 10.1 Å². The SMILES string of the molecule is CC(NC=O)c1ncnn1-c1ccc([N+](=O)[O-])cn1. The molecule has 2 heterocycles. The predicted molar refractivity (Wildman–Crippen MR) is 63.4 cm³/mol. The molecule has 0 aliphatic carbocycles. The zero-order valence-electron chi connectivity index (χ0n) is 9.92. The molecule has 0 radical (unpaired) electrons. The molecular formula is C10H10N6O3. The molecule has 2 aromatic rings. The lowest BCUT2D eigenvalue weighted by atomic mass is 10.3. The van der Waals surface area contributed by atoms with Gasteiger partial charge in [-0.3, -0.25) is 14.9 Å². The van der Waals surface area contributed by atoms with E-state index in [1.165, 1.54) is 23.1 Å². The number of hydrogen-bond acceptors (Lipinski definition) is 6. The molecule has 0 saturated carbocycles. The van der Waals surface area contributed by atoms with Crippen molar-refractivity contribution < 1.29 is 9.72 Å². The second-order valence-corrected chi connectivity index (χ2v) is 3.67. The molecular weight excluding hydrogens is 252 g/mol. The summed E-state index contributed by atoms with van der Waals surface area (Å²) < 4.78 is 1.41. The number of carbonyl (C=O) groups is 1. The molecule has 0 aliphatic rings. The Labute approximate surface area is 107 Å². The van der Waals surface area contributed by atoms with E-state index in [1.54, 1.807) is 6.92 Å². The van der Waals surface area contributed by atoms with Gasteiger partial charge < -0.3 is 5.32 Å². The van der Waals surface area contributed by atoms with Gasteiger partial charge in [-0.05, 0) is 13.0 Å². The zero-order valence-corrected chi connectivity index (χ0v) is 9.92. The van der Waals surface area contributed by atoms with E-state index in [4.69, 9.17) is 0 Å². The van der Waals surface area contributed by atoms with Gasteiger partial charge in [-0.2, -0.15) is 9.78 Å². The van der Waals surface area contributed by atoms with Crippen molar-refractivity contribution in [1.82, 2.24) is 25.1 Å². The highest BCUT2D eigenvalue weighted by molar-refractivity contribution is 5.47. The summed E-state index contributed by atoms with van der Waals surface area (Å²) in [6, 6.07) is 2.44. The molecule has 1 atom stereocenters. The highest BCUT2D eigenvalue weighted by atomic mass is 16.6. The van der Waals surface area contributed by atoms with Gasteiger partial charge in [-0.15, -0.1) is 0 Å². The van der Waals surface area contributed by atoms with Crippen LogP contribution in [-0.2, 0) is 4.79 Å². The zero-order chi connectivity index (χ0) is 13.8. The Bertz CT molecular complexity index is 594. The standard InChI is InChI=1S/C10H10N6O3/c1-7(13-6-17)10-12-5-14-15(10)9-3-2-8(4-11-9)16(18)19/h2-7H,1H3,(H,13,17). The van der Waals surface area contributed by atoms with Crippen LogP contribution in [-0.4, -0.2) is 31.1 Å². The van der Waals surface area contributed by atoms with Gasteiger partial charge in [-0.25, -0.2) is 9.97 Å². The van der Waals surface area contributed by atoms with Gasteiger partial charge in [0.05, 0.1) is 11.0 Å². The fourth-order valence-electron chi connectivity index (χ4n) is 1.51. The van der Waals surface area contributed by atoms with Crippen LogP contribution in [0.2, 0.25) is 0 Å². The smallest absolute Gasteiger partial charge is 0.287 e. The van der Waals surface area contributed by atoms with E-state index in [0.29, 0.717) is 18.1 Å². The average molecular weight is 262 g/mol. The van der Waals surface area contributed by atoms with Crippen molar-refractivity contribution in [2.45, 2.75) is 13.0 Å². The molecule has 1 unspecified atom stereocenters. The molecule has 0 saturated heterocycles. The molecule has 0 bridgehead atoms. The summed E-state index contributed by atoms with van der Waals surface area (Å²) in [5.74, 6) is 0.867. The van der Waals surface area contributed by atoms with E-state index in [-0.39, 0.29) is 11.7 Å². The van der Waals surface area contributed by atoms with Crippen LogP contribution in [0.3, 0.4) is 0 Å². The Kier molecular flexibility index (Phi) is 3.46. The molecule has 2 rings (SSSR count). The Balaban J connectivity index is 2.34. The summed E-state index contributed by atoms with van der Waals surface area (Å²) in [6.45, 7) is 1.74. The number of hydrogen-bond donors (Lipinski definition) is 1. The Morgan fingerprint density at radius 1 is 1.47 bits per heavy atom. The van der Waals surface area contributed by atoms with Crippen LogP contribution < -0.4 is 5.32 Å². The molecule has 9 heteroatoms. The Hall–Kier alpha value is -2.84. The van der Waals surface area contributed by atoms with Crippen LogP contribution in [0.25, 0.3) is 5.82 Å². The van der Waals surface area contributed by atoms with Gasteiger partial charge >= 0.3 is 0 Å². The van der Waals surface area contributed by atoms with Gasteiger partial charge in [0.15, 0.2) is 11.6 Å². The summed E-state index contributed by atoms with van der Waals surface area (Å²) >= 11 is 0. The number of nitro groups is 1. The number of carbonyl (C=O) groups excluding carboxylic acids is 1. The fraction of sp³-hybridized carbons (Fsp3) is 0.200. The summed E-state index contributed by atoms with van der Waals surface area (Å²) in [7, 11) is 0. The lowest BCUT2D eigenvalue weighted by Crippen LogP contribution is -2.20. The van der Waals surface area contributed by atoms with E-state index in [0.717, 1.165) is 6.20 Å². The maximum Gasteiger partial charge on any atom is 0.287 e. The van der Waals surface area contributed by atoms with Gasteiger partial charge in [0.25, 0.3) is 5.69 Å². The van der Waals surface area contributed by atoms with Crippen molar-refractivity contribution >= 4 is 12.1 Å². The first-order valence-electron chi connectivity index (χ1n) is 5.34.